The molecule has 1 nitrogen and oxygen atoms in total. The maximum atomic E-state index is 13.6. The van der Waals surface area contributed by atoms with Crippen molar-refractivity contribution < 1.29 is 4.39 Å². The molecule has 2 aromatic rings. The predicted molar refractivity (Wildman–Crippen MR) is 73.5 cm³/mol. The van der Waals surface area contributed by atoms with Gasteiger partial charge in [0.2, 0.25) is 0 Å². The molecule has 94 valence electrons. The molecular weight excluding hydrogens is 272 g/mol. The van der Waals surface area contributed by atoms with Gasteiger partial charge in [0.1, 0.15) is 5.82 Å². The number of hydrogen-bond acceptors (Lipinski definition) is 1. The van der Waals surface area contributed by atoms with Gasteiger partial charge >= 0.3 is 0 Å². The van der Waals surface area contributed by atoms with Crippen molar-refractivity contribution in [2.75, 3.05) is 0 Å². The van der Waals surface area contributed by atoms with Gasteiger partial charge < -0.3 is 5.73 Å². The number of benzene rings is 2. The van der Waals surface area contributed by atoms with Crippen molar-refractivity contribution in [3.8, 4) is 0 Å². The quantitative estimate of drug-likeness (QED) is 0.815. The number of rotatable bonds is 2. The summed E-state index contributed by atoms with van der Waals surface area (Å²) >= 11 is 11.8. The number of nitrogens with two attached hydrogens (primary N) is 1. The zero-order valence-electron chi connectivity index (χ0n) is 9.75. The molecular formula is C14H12Cl2FN. The molecule has 0 spiro atoms. The summed E-state index contributed by atoms with van der Waals surface area (Å²) in [5.74, 6) is -0.524. The standard InChI is InChI=1S/C14H12Cl2FN/c1-14(18,9-5-3-2-4-6-9)10-7-13(17)12(16)8-11(10)15/h2-8H,18H2,1H3. The van der Waals surface area contributed by atoms with Crippen LogP contribution in [0.3, 0.4) is 0 Å². The van der Waals surface area contributed by atoms with Gasteiger partial charge in [-0.25, -0.2) is 4.39 Å². The van der Waals surface area contributed by atoms with Gasteiger partial charge in [-0.05, 0) is 30.2 Å². The minimum absolute atomic E-state index is 0.00684. The van der Waals surface area contributed by atoms with Crippen molar-refractivity contribution in [3.63, 3.8) is 0 Å². The number of hydrogen-bond donors (Lipinski definition) is 1. The molecule has 0 bridgehead atoms. The summed E-state index contributed by atoms with van der Waals surface area (Å²) in [7, 11) is 0. The molecule has 0 aliphatic rings. The SMILES string of the molecule is CC(N)(c1ccccc1)c1cc(F)c(Cl)cc1Cl. The third kappa shape index (κ3) is 2.37. The highest BCUT2D eigenvalue weighted by Crippen LogP contribution is 2.34. The van der Waals surface area contributed by atoms with Gasteiger partial charge in [0.05, 0.1) is 10.6 Å². The Balaban J connectivity index is 2.58. The maximum absolute atomic E-state index is 13.6. The zero-order chi connectivity index (χ0) is 13.3. The highest BCUT2D eigenvalue weighted by molar-refractivity contribution is 6.35. The van der Waals surface area contributed by atoms with Crippen LogP contribution < -0.4 is 5.73 Å². The van der Waals surface area contributed by atoms with Gasteiger partial charge in [-0.2, -0.15) is 0 Å². The lowest BCUT2D eigenvalue weighted by Crippen LogP contribution is -2.34. The van der Waals surface area contributed by atoms with Crippen LogP contribution in [0.4, 0.5) is 4.39 Å². The Morgan fingerprint density at radius 2 is 1.67 bits per heavy atom. The maximum Gasteiger partial charge on any atom is 0.142 e. The van der Waals surface area contributed by atoms with Crippen molar-refractivity contribution in [1.29, 1.82) is 0 Å². The van der Waals surface area contributed by atoms with Crippen LogP contribution in [0.1, 0.15) is 18.1 Å². The Labute approximate surface area is 115 Å². The van der Waals surface area contributed by atoms with E-state index in [9.17, 15) is 4.39 Å². The minimum atomic E-state index is -0.871. The van der Waals surface area contributed by atoms with Crippen molar-refractivity contribution in [1.82, 2.24) is 0 Å². The Kier molecular flexibility index (Phi) is 3.62. The van der Waals surface area contributed by atoms with Crippen LogP contribution in [-0.2, 0) is 5.54 Å². The summed E-state index contributed by atoms with van der Waals surface area (Å²) in [5.41, 5.74) is 6.78. The van der Waals surface area contributed by atoms with Crippen LogP contribution in [0.5, 0.6) is 0 Å². The van der Waals surface area contributed by atoms with E-state index < -0.39 is 11.4 Å². The first-order valence-electron chi connectivity index (χ1n) is 5.42. The Bertz CT molecular complexity index is 568. The average Bonchev–Trinajstić information content (AvgIpc) is 2.34. The molecule has 4 heteroatoms. The first kappa shape index (κ1) is 13.3. The van der Waals surface area contributed by atoms with E-state index in [-0.39, 0.29) is 5.02 Å². The van der Waals surface area contributed by atoms with Crippen LogP contribution in [0.25, 0.3) is 0 Å². The van der Waals surface area contributed by atoms with Crippen molar-refractivity contribution in [2.24, 2.45) is 5.73 Å². The molecule has 2 aromatic carbocycles. The lowest BCUT2D eigenvalue weighted by molar-refractivity contribution is 0.582. The van der Waals surface area contributed by atoms with E-state index >= 15 is 0 Å². The summed E-state index contributed by atoms with van der Waals surface area (Å²) in [6, 6.07) is 12.1. The van der Waals surface area contributed by atoms with Crippen LogP contribution in [0, 0.1) is 5.82 Å². The molecule has 0 aromatic heterocycles. The molecule has 2 rings (SSSR count). The highest BCUT2D eigenvalue weighted by Gasteiger charge is 2.27. The molecule has 0 saturated heterocycles. The van der Waals surface area contributed by atoms with E-state index in [4.69, 9.17) is 28.9 Å². The monoisotopic (exact) mass is 283 g/mol. The fraction of sp³-hybridized carbons (Fsp3) is 0.143. The molecule has 0 heterocycles. The van der Waals surface area contributed by atoms with Crippen LogP contribution in [0.15, 0.2) is 42.5 Å². The predicted octanol–water partition coefficient (Wildman–Crippen LogP) is 4.35. The molecule has 2 N–H and O–H groups in total. The van der Waals surface area contributed by atoms with Gasteiger partial charge in [-0.1, -0.05) is 53.5 Å². The minimum Gasteiger partial charge on any atom is -0.318 e. The van der Waals surface area contributed by atoms with E-state index in [0.717, 1.165) is 5.56 Å². The topological polar surface area (TPSA) is 26.0 Å². The third-order valence-corrected chi connectivity index (χ3v) is 3.55. The van der Waals surface area contributed by atoms with E-state index in [0.29, 0.717) is 10.6 Å². The summed E-state index contributed by atoms with van der Waals surface area (Å²) in [6.45, 7) is 1.79. The molecule has 0 fully saturated rings. The second kappa shape index (κ2) is 4.88. The third-order valence-electron chi connectivity index (χ3n) is 2.94. The van der Waals surface area contributed by atoms with Crippen LogP contribution >= 0.6 is 23.2 Å². The first-order valence-corrected chi connectivity index (χ1v) is 6.18. The summed E-state index contributed by atoms with van der Waals surface area (Å²) < 4.78 is 13.6. The number of halogens is 3. The summed E-state index contributed by atoms with van der Waals surface area (Å²) in [4.78, 5) is 0. The molecule has 0 aliphatic heterocycles. The smallest absolute Gasteiger partial charge is 0.142 e. The van der Waals surface area contributed by atoms with Gasteiger partial charge in [0, 0.05) is 5.02 Å². The molecule has 0 aliphatic carbocycles. The van der Waals surface area contributed by atoms with Crippen molar-refractivity contribution in [2.45, 2.75) is 12.5 Å². The second-order valence-corrected chi connectivity index (χ2v) is 5.13. The largest absolute Gasteiger partial charge is 0.318 e. The molecule has 1 unspecified atom stereocenters. The average molecular weight is 284 g/mol. The Morgan fingerprint density at radius 3 is 2.28 bits per heavy atom. The van der Waals surface area contributed by atoms with Crippen LogP contribution in [-0.4, -0.2) is 0 Å². The zero-order valence-corrected chi connectivity index (χ0v) is 11.3. The van der Waals surface area contributed by atoms with E-state index in [1.54, 1.807) is 6.92 Å². The highest BCUT2D eigenvalue weighted by atomic mass is 35.5. The molecule has 18 heavy (non-hydrogen) atoms. The second-order valence-electron chi connectivity index (χ2n) is 4.31. The van der Waals surface area contributed by atoms with E-state index in [2.05, 4.69) is 0 Å². The first-order chi connectivity index (χ1) is 8.43. The molecule has 0 saturated carbocycles. The van der Waals surface area contributed by atoms with E-state index in [1.165, 1.54) is 12.1 Å². The molecule has 0 radical (unpaired) electrons. The lowest BCUT2D eigenvalue weighted by atomic mass is 9.85. The lowest BCUT2D eigenvalue weighted by Gasteiger charge is -2.27. The fourth-order valence-electron chi connectivity index (χ4n) is 1.86. The van der Waals surface area contributed by atoms with Gasteiger partial charge in [-0.15, -0.1) is 0 Å². The van der Waals surface area contributed by atoms with Gasteiger partial charge in [0.15, 0.2) is 0 Å². The fourth-order valence-corrected chi connectivity index (χ4v) is 2.44. The Hall–Kier alpha value is -1.09. The van der Waals surface area contributed by atoms with Crippen LogP contribution in [0.2, 0.25) is 10.0 Å². The van der Waals surface area contributed by atoms with Crippen molar-refractivity contribution in [3.05, 3.63) is 69.5 Å². The summed E-state index contributed by atoms with van der Waals surface area (Å²) in [5, 5.41) is 0.350. The van der Waals surface area contributed by atoms with Gasteiger partial charge in [-0.3, -0.25) is 0 Å². The summed E-state index contributed by atoms with van der Waals surface area (Å²) in [6.07, 6.45) is 0. The molecule has 1 atom stereocenters. The van der Waals surface area contributed by atoms with E-state index in [1.807, 2.05) is 30.3 Å². The molecule has 0 amide bonds. The van der Waals surface area contributed by atoms with Crippen molar-refractivity contribution >= 4 is 23.2 Å². The normalized spacial score (nSPS) is 14.3. The Morgan fingerprint density at radius 1 is 1.06 bits per heavy atom. The van der Waals surface area contributed by atoms with Gasteiger partial charge in [0.25, 0.3) is 0 Å².